The predicted molar refractivity (Wildman–Crippen MR) is 83.5 cm³/mol. The van der Waals surface area contributed by atoms with E-state index in [1.54, 1.807) is 7.11 Å². The molecule has 0 amide bonds. The predicted octanol–water partition coefficient (Wildman–Crippen LogP) is 3.06. The number of hydrogen-bond donors (Lipinski definition) is 1. The Bertz CT molecular complexity index is 650. The smallest absolute Gasteiger partial charge is 0.179 e. The van der Waals surface area contributed by atoms with Crippen LogP contribution < -0.4 is 0 Å². The lowest BCUT2D eigenvalue weighted by atomic mass is 9.89. The van der Waals surface area contributed by atoms with Crippen LogP contribution in [-0.4, -0.2) is 33.0 Å². The number of fused-ring (bicyclic) bond motifs is 1. The highest BCUT2D eigenvalue weighted by Gasteiger charge is 2.22. The van der Waals surface area contributed by atoms with Gasteiger partial charge in [-0.2, -0.15) is 5.10 Å². The summed E-state index contributed by atoms with van der Waals surface area (Å²) in [5.41, 5.74) is 3.35. The largest absolute Gasteiger partial charge is 0.385 e. The molecule has 20 heavy (non-hydrogen) atoms. The molecule has 1 N–H and O–H groups in total. The SMILES string of the molecule is CCc1nn(C)c2c1[nH]c(=S)n2CC(C)(C)CCOC. The van der Waals surface area contributed by atoms with Crippen molar-refractivity contribution in [1.29, 1.82) is 0 Å². The molecule has 0 aliphatic heterocycles. The van der Waals surface area contributed by atoms with E-state index in [1.165, 1.54) is 0 Å². The van der Waals surface area contributed by atoms with Crippen molar-refractivity contribution < 1.29 is 4.74 Å². The number of aromatic nitrogens is 4. The topological polar surface area (TPSA) is 47.8 Å². The van der Waals surface area contributed by atoms with Crippen LogP contribution in [0.15, 0.2) is 0 Å². The summed E-state index contributed by atoms with van der Waals surface area (Å²) in [6.45, 7) is 8.21. The number of rotatable bonds is 6. The van der Waals surface area contributed by atoms with E-state index in [1.807, 2.05) is 11.7 Å². The molecule has 2 aromatic heterocycles. The highest BCUT2D eigenvalue weighted by atomic mass is 32.1. The quantitative estimate of drug-likeness (QED) is 0.833. The number of aromatic amines is 1. The number of H-pyrrole nitrogens is 1. The number of methoxy groups -OCH3 is 1. The van der Waals surface area contributed by atoms with Crippen molar-refractivity contribution in [3.05, 3.63) is 10.5 Å². The second-order valence-corrected chi connectivity index (χ2v) is 6.43. The maximum Gasteiger partial charge on any atom is 0.179 e. The van der Waals surface area contributed by atoms with Gasteiger partial charge < -0.3 is 14.3 Å². The van der Waals surface area contributed by atoms with Crippen molar-refractivity contribution in [3.8, 4) is 0 Å². The maximum atomic E-state index is 5.49. The van der Waals surface area contributed by atoms with Crippen LogP contribution in [0.3, 0.4) is 0 Å². The molecule has 0 aromatic carbocycles. The normalized spacial score (nSPS) is 12.4. The first-order valence-corrected chi connectivity index (χ1v) is 7.43. The molecule has 5 nitrogen and oxygen atoms in total. The third-order valence-electron chi connectivity index (χ3n) is 3.73. The molecule has 2 aromatic rings. The summed E-state index contributed by atoms with van der Waals surface area (Å²) in [6.07, 6.45) is 1.90. The highest BCUT2D eigenvalue weighted by molar-refractivity contribution is 7.71. The van der Waals surface area contributed by atoms with Gasteiger partial charge in [0.1, 0.15) is 5.52 Å². The zero-order valence-corrected chi connectivity index (χ0v) is 13.8. The van der Waals surface area contributed by atoms with E-state index in [0.29, 0.717) is 0 Å². The number of ether oxygens (including phenoxy) is 1. The Morgan fingerprint density at radius 1 is 1.40 bits per heavy atom. The molecule has 0 aliphatic carbocycles. The van der Waals surface area contributed by atoms with Crippen LogP contribution in [0.4, 0.5) is 0 Å². The molecule has 0 fully saturated rings. The van der Waals surface area contributed by atoms with E-state index in [-0.39, 0.29) is 5.41 Å². The fraction of sp³-hybridized carbons (Fsp3) is 0.714. The summed E-state index contributed by atoms with van der Waals surface area (Å²) >= 11 is 5.49. The second-order valence-electron chi connectivity index (χ2n) is 6.05. The molecule has 2 heterocycles. The molecule has 0 aliphatic rings. The van der Waals surface area contributed by atoms with E-state index in [4.69, 9.17) is 17.0 Å². The first kappa shape index (κ1) is 15.3. The van der Waals surface area contributed by atoms with E-state index in [0.717, 1.165) is 47.6 Å². The van der Waals surface area contributed by atoms with Gasteiger partial charge in [0, 0.05) is 27.3 Å². The van der Waals surface area contributed by atoms with Crippen molar-refractivity contribution >= 4 is 23.4 Å². The highest BCUT2D eigenvalue weighted by Crippen LogP contribution is 2.26. The van der Waals surface area contributed by atoms with Crippen LogP contribution in [0.1, 0.15) is 32.9 Å². The average Bonchev–Trinajstić information content (AvgIpc) is 2.86. The van der Waals surface area contributed by atoms with Gasteiger partial charge in [-0.05, 0) is 30.5 Å². The summed E-state index contributed by atoms with van der Waals surface area (Å²) in [5, 5.41) is 4.56. The molecular weight excluding hydrogens is 272 g/mol. The van der Waals surface area contributed by atoms with Crippen LogP contribution >= 0.6 is 12.2 Å². The molecule has 112 valence electrons. The van der Waals surface area contributed by atoms with Crippen molar-refractivity contribution in [3.63, 3.8) is 0 Å². The van der Waals surface area contributed by atoms with Crippen molar-refractivity contribution in [1.82, 2.24) is 19.3 Å². The Morgan fingerprint density at radius 3 is 2.70 bits per heavy atom. The summed E-state index contributed by atoms with van der Waals surface area (Å²) in [5.74, 6) is 0. The Balaban J connectivity index is 2.42. The molecule has 6 heteroatoms. The number of nitrogens with one attached hydrogen (secondary N) is 1. The van der Waals surface area contributed by atoms with Gasteiger partial charge in [-0.3, -0.25) is 4.68 Å². The first-order valence-electron chi connectivity index (χ1n) is 7.03. The van der Waals surface area contributed by atoms with Crippen LogP contribution in [0.5, 0.6) is 0 Å². The molecule has 0 saturated carbocycles. The van der Waals surface area contributed by atoms with Crippen LogP contribution in [0.25, 0.3) is 11.2 Å². The van der Waals surface area contributed by atoms with E-state index in [9.17, 15) is 0 Å². The minimum Gasteiger partial charge on any atom is -0.385 e. The Hall–Kier alpha value is -1.14. The number of imidazole rings is 1. The molecule has 2 rings (SSSR count). The zero-order valence-electron chi connectivity index (χ0n) is 13.0. The van der Waals surface area contributed by atoms with Crippen LogP contribution in [-0.2, 0) is 24.8 Å². The third kappa shape index (κ3) is 2.81. The lowest BCUT2D eigenvalue weighted by molar-refractivity contribution is 0.143. The summed E-state index contributed by atoms with van der Waals surface area (Å²) in [6, 6.07) is 0. The van der Waals surface area contributed by atoms with Crippen molar-refractivity contribution in [2.24, 2.45) is 12.5 Å². The van der Waals surface area contributed by atoms with Gasteiger partial charge in [0.05, 0.1) is 5.69 Å². The molecule has 0 spiro atoms. The molecule has 0 saturated heterocycles. The standard InChI is InChI=1S/C14H24N4OS/c1-6-10-11-12(17(4)16-10)18(13(20)15-11)9-14(2,3)7-8-19-5/h6-9H2,1-5H3,(H,15,20). The second kappa shape index (κ2) is 5.69. The lowest BCUT2D eigenvalue weighted by Crippen LogP contribution is -2.22. The van der Waals surface area contributed by atoms with Crippen molar-refractivity contribution in [2.45, 2.75) is 40.2 Å². The van der Waals surface area contributed by atoms with Gasteiger partial charge in [0.25, 0.3) is 0 Å². The fourth-order valence-corrected chi connectivity index (χ4v) is 2.81. The Kier molecular flexibility index (Phi) is 4.34. The minimum absolute atomic E-state index is 0.125. The molecule has 0 atom stereocenters. The maximum absolute atomic E-state index is 5.49. The molecule has 0 radical (unpaired) electrons. The summed E-state index contributed by atoms with van der Waals surface area (Å²) in [7, 11) is 3.72. The molecular formula is C14H24N4OS. The van der Waals surface area contributed by atoms with Gasteiger partial charge in [0.15, 0.2) is 10.4 Å². The summed E-state index contributed by atoms with van der Waals surface area (Å²) in [4.78, 5) is 3.31. The minimum atomic E-state index is 0.125. The molecule has 0 unspecified atom stereocenters. The number of aryl methyl sites for hydroxylation is 2. The van der Waals surface area contributed by atoms with E-state index < -0.39 is 0 Å². The monoisotopic (exact) mass is 296 g/mol. The Labute approximate surface area is 124 Å². The van der Waals surface area contributed by atoms with Crippen molar-refractivity contribution in [2.75, 3.05) is 13.7 Å². The van der Waals surface area contributed by atoms with Gasteiger partial charge in [-0.15, -0.1) is 0 Å². The Morgan fingerprint density at radius 2 is 2.10 bits per heavy atom. The fourth-order valence-electron chi connectivity index (χ4n) is 2.56. The molecule has 0 bridgehead atoms. The van der Waals surface area contributed by atoms with Gasteiger partial charge in [-0.1, -0.05) is 20.8 Å². The van der Waals surface area contributed by atoms with Crippen LogP contribution in [0.2, 0.25) is 0 Å². The average molecular weight is 296 g/mol. The van der Waals surface area contributed by atoms with Gasteiger partial charge >= 0.3 is 0 Å². The lowest BCUT2D eigenvalue weighted by Gasteiger charge is -2.25. The van der Waals surface area contributed by atoms with Crippen LogP contribution in [0, 0.1) is 10.2 Å². The third-order valence-corrected chi connectivity index (χ3v) is 4.05. The summed E-state index contributed by atoms with van der Waals surface area (Å²) < 4.78 is 10.1. The zero-order chi connectivity index (χ0) is 14.9. The van der Waals surface area contributed by atoms with Gasteiger partial charge in [0.2, 0.25) is 0 Å². The number of nitrogens with zero attached hydrogens (tertiary/aromatic N) is 3. The first-order chi connectivity index (χ1) is 9.39. The van der Waals surface area contributed by atoms with E-state index >= 15 is 0 Å². The van der Waals surface area contributed by atoms with E-state index in [2.05, 4.69) is 35.4 Å². The number of hydrogen-bond acceptors (Lipinski definition) is 3. The van der Waals surface area contributed by atoms with Gasteiger partial charge in [-0.25, -0.2) is 0 Å².